The first-order valence-electron chi connectivity index (χ1n) is 13.8. The van der Waals surface area contributed by atoms with Crippen molar-refractivity contribution in [3.63, 3.8) is 0 Å². The average molecular weight is 719 g/mol. The summed E-state index contributed by atoms with van der Waals surface area (Å²) in [6.07, 6.45) is 0.180. The highest BCUT2D eigenvalue weighted by molar-refractivity contribution is 5.78. The molecule has 0 aliphatic heterocycles. The molecule has 0 radical (unpaired) electrons. The second-order valence-electron chi connectivity index (χ2n) is 4.31. The topological polar surface area (TPSA) is 137 Å². The van der Waals surface area contributed by atoms with Crippen LogP contribution in [0.4, 0.5) is 0 Å². The summed E-state index contributed by atoms with van der Waals surface area (Å²) in [6.45, 7) is 92.8. The van der Waals surface area contributed by atoms with Gasteiger partial charge in [-0.05, 0) is 20.8 Å². The summed E-state index contributed by atoms with van der Waals surface area (Å²) in [6, 6.07) is 0. The summed E-state index contributed by atoms with van der Waals surface area (Å²) in [5.41, 5.74) is 0. The maximum absolute atomic E-state index is 9.25. The lowest BCUT2D eigenvalue weighted by atomic mass is 10.4. The molecule has 8 nitrogen and oxygen atoms in total. The van der Waals surface area contributed by atoms with Crippen LogP contribution in [0.25, 0.3) is 0 Å². The molecule has 3 atom stereocenters. The highest BCUT2D eigenvalue weighted by Crippen LogP contribution is 1.97. The van der Waals surface area contributed by atoms with Gasteiger partial charge in [-0.2, -0.15) is 0 Å². The van der Waals surface area contributed by atoms with Gasteiger partial charge in [-0.25, -0.2) is 4.79 Å². The second-order valence-corrected chi connectivity index (χ2v) is 4.31. The van der Waals surface area contributed by atoms with Crippen molar-refractivity contribution in [1.82, 2.24) is 0 Å². The molecular formula is C42H86O8. The van der Waals surface area contributed by atoms with E-state index in [9.17, 15) is 4.79 Å². The van der Waals surface area contributed by atoms with E-state index >= 15 is 0 Å². The molecule has 0 fully saturated rings. The van der Waals surface area contributed by atoms with E-state index in [1.54, 1.807) is 13.8 Å². The summed E-state index contributed by atoms with van der Waals surface area (Å²) in [5.74, 6) is -0.981. The number of ether oxygens (including phenoxy) is 2. The fraction of sp³-hybridized carbons (Fsp3) is 0.262. The van der Waals surface area contributed by atoms with Crippen LogP contribution in [0.1, 0.15) is 20.8 Å². The molecule has 0 heterocycles. The summed E-state index contributed by atoms with van der Waals surface area (Å²) in [5, 5.41) is 40.4. The molecule has 0 aromatic carbocycles. The molecule has 8 heteroatoms. The number of aliphatic hydroxyl groups excluding tert-OH is 4. The first kappa shape index (κ1) is 111. The number of aliphatic carboxylic acids is 1. The van der Waals surface area contributed by atoms with E-state index < -0.39 is 12.1 Å². The van der Waals surface area contributed by atoms with E-state index in [0.29, 0.717) is 13.2 Å². The van der Waals surface area contributed by atoms with Gasteiger partial charge in [0.2, 0.25) is 0 Å². The third kappa shape index (κ3) is 728. The van der Waals surface area contributed by atoms with Gasteiger partial charge in [-0.3, -0.25) is 0 Å². The van der Waals surface area contributed by atoms with E-state index in [2.05, 4.69) is 191 Å². The van der Waals surface area contributed by atoms with Gasteiger partial charge in [0, 0.05) is 6.08 Å². The Hall–Kier alpha value is -4.67. The molecule has 0 aliphatic rings. The quantitative estimate of drug-likeness (QED) is 0.117. The Morgan fingerprint density at radius 1 is 0.480 bits per heavy atom. The second kappa shape index (κ2) is 354. The molecule has 0 aromatic rings. The van der Waals surface area contributed by atoms with Crippen LogP contribution in [0, 0.1) is 0 Å². The van der Waals surface area contributed by atoms with Crippen molar-refractivity contribution in [2.75, 3.05) is 33.0 Å². The molecule has 50 heavy (non-hydrogen) atoms. The smallest absolute Gasteiger partial charge is 0.327 e. The minimum atomic E-state index is -0.981. The highest BCUT2D eigenvalue weighted by Gasteiger charge is 2.07. The number of aliphatic hydroxyl groups is 4. The monoisotopic (exact) mass is 719 g/mol. The van der Waals surface area contributed by atoms with E-state index in [0.717, 1.165) is 6.08 Å². The Kier molecular flexibility index (Phi) is 786. The van der Waals surface area contributed by atoms with Crippen molar-refractivity contribution in [2.24, 2.45) is 0 Å². The van der Waals surface area contributed by atoms with Gasteiger partial charge in [0.25, 0.3) is 0 Å². The normalized spacial score (nSPS) is 7.10. The van der Waals surface area contributed by atoms with E-state index in [4.69, 9.17) is 35.0 Å². The third-order valence-electron chi connectivity index (χ3n) is 1.77. The lowest BCUT2D eigenvalue weighted by Gasteiger charge is -2.16. The maximum atomic E-state index is 9.25. The van der Waals surface area contributed by atoms with Gasteiger partial charge in [-0.15, -0.1) is 184 Å². The van der Waals surface area contributed by atoms with Crippen LogP contribution in [0.5, 0.6) is 0 Å². The SMILES string of the molecule is C=C.C=C.C=C.C=C.C=C.C=C.C=C.C=C.C=C.C=C.C=C.C=C.C=C.C=C.C=CC(=O)O.CC(O)COC(C)COC(C)CO.OCCO. The first-order valence-corrected chi connectivity index (χ1v) is 13.8. The van der Waals surface area contributed by atoms with Crippen LogP contribution in [0.3, 0.4) is 0 Å². The minimum absolute atomic E-state index is 0.0170. The third-order valence-corrected chi connectivity index (χ3v) is 1.77. The van der Waals surface area contributed by atoms with Crippen molar-refractivity contribution < 1.29 is 39.8 Å². The zero-order valence-corrected chi connectivity index (χ0v) is 33.3. The Balaban J connectivity index is -0.0000000169. The van der Waals surface area contributed by atoms with Crippen molar-refractivity contribution in [1.29, 1.82) is 0 Å². The number of carboxylic acids is 1. The summed E-state index contributed by atoms with van der Waals surface area (Å²) < 4.78 is 10.5. The van der Waals surface area contributed by atoms with Crippen molar-refractivity contribution in [3.8, 4) is 0 Å². The van der Waals surface area contributed by atoms with E-state index in [1.165, 1.54) is 0 Å². The molecule has 0 bridgehead atoms. The molecule has 5 N–H and O–H groups in total. The number of rotatable bonds is 9. The van der Waals surface area contributed by atoms with Crippen LogP contribution in [-0.4, -0.2) is 82.8 Å². The zero-order chi connectivity index (χ0) is 46.0. The molecule has 0 rings (SSSR count). The van der Waals surface area contributed by atoms with Crippen LogP contribution >= 0.6 is 0 Å². The highest BCUT2D eigenvalue weighted by atomic mass is 16.5. The molecule has 0 saturated heterocycles. The van der Waals surface area contributed by atoms with E-state index in [1.807, 2.05) is 6.92 Å². The minimum Gasteiger partial charge on any atom is -0.478 e. The fourth-order valence-corrected chi connectivity index (χ4v) is 0.704. The summed E-state index contributed by atoms with van der Waals surface area (Å²) >= 11 is 0. The predicted octanol–water partition coefficient (Wildman–Crippen LogP) is 10.6. The van der Waals surface area contributed by atoms with Gasteiger partial charge < -0.3 is 35.0 Å². The lowest BCUT2D eigenvalue weighted by molar-refractivity contribution is -0.131. The molecule has 302 valence electrons. The number of hydrogen-bond donors (Lipinski definition) is 5. The van der Waals surface area contributed by atoms with Crippen LogP contribution in [-0.2, 0) is 14.3 Å². The van der Waals surface area contributed by atoms with Crippen LogP contribution < -0.4 is 0 Å². The molecule has 0 aromatic heterocycles. The van der Waals surface area contributed by atoms with Crippen molar-refractivity contribution >= 4 is 5.97 Å². The number of carbonyl (C=O) groups is 1. The van der Waals surface area contributed by atoms with Gasteiger partial charge in [0.15, 0.2) is 0 Å². The first-order chi connectivity index (χ1) is 24.2. The summed E-state index contributed by atoms with van der Waals surface area (Å²) in [7, 11) is 0. The van der Waals surface area contributed by atoms with Crippen molar-refractivity contribution in [2.45, 2.75) is 39.1 Å². The van der Waals surface area contributed by atoms with Crippen LogP contribution in [0.15, 0.2) is 197 Å². The zero-order valence-electron chi connectivity index (χ0n) is 33.3. The average Bonchev–Trinajstić information content (AvgIpc) is 3.26. The Morgan fingerprint density at radius 3 is 0.780 bits per heavy atom. The largest absolute Gasteiger partial charge is 0.478 e. The Morgan fingerprint density at radius 2 is 0.660 bits per heavy atom. The Labute approximate surface area is 314 Å². The van der Waals surface area contributed by atoms with Gasteiger partial charge in [0.1, 0.15) is 0 Å². The van der Waals surface area contributed by atoms with Gasteiger partial charge in [-0.1, -0.05) is 6.58 Å². The molecular weight excluding hydrogens is 632 g/mol. The molecule has 0 spiro atoms. The number of carboxylic acid groups (broad SMARTS) is 1. The standard InChI is InChI=1S/C9H20O4.C3H4O2.C2H6O2.14C2H4/c1-7(11)5-12-9(3)6-13-8(2)4-10;1-2-3(4)5;3-1-2-4;14*1-2/h7-11H,4-6H2,1-3H3;2H,1H2,(H,4,5);3-4H,1-2H2;14*1-2H2. The summed E-state index contributed by atoms with van der Waals surface area (Å²) in [4.78, 5) is 9.25. The molecule has 0 amide bonds. The fourth-order valence-electron chi connectivity index (χ4n) is 0.704. The van der Waals surface area contributed by atoms with Crippen LogP contribution in [0.2, 0.25) is 0 Å². The maximum Gasteiger partial charge on any atom is 0.327 e. The van der Waals surface area contributed by atoms with Gasteiger partial charge >= 0.3 is 5.97 Å². The molecule has 3 unspecified atom stereocenters. The molecule has 0 aliphatic carbocycles. The van der Waals surface area contributed by atoms with Gasteiger partial charge in [0.05, 0.1) is 51.3 Å². The Bertz CT molecular complexity index is 381. The van der Waals surface area contributed by atoms with Crippen molar-refractivity contribution in [3.05, 3.63) is 197 Å². The predicted molar refractivity (Wildman–Crippen MR) is 239 cm³/mol. The molecule has 0 saturated carbocycles. The number of hydrogen-bond acceptors (Lipinski definition) is 7. The lowest BCUT2D eigenvalue weighted by Crippen LogP contribution is -2.24. The van der Waals surface area contributed by atoms with E-state index in [-0.39, 0.29) is 32.0 Å².